The molecule has 0 radical (unpaired) electrons. The van der Waals surface area contributed by atoms with E-state index in [2.05, 4.69) is 5.32 Å². The Morgan fingerprint density at radius 2 is 1.88 bits per heavy atom. The summed E-state index contributed by atoms with van der Waals surface area (Å²) in [5.41, 5.74) is -1.25. The molecule has 0 atom stereocenters. The highest BCUT2D eigenvalue weighted by Crippen LogP contribution is 2.34. The zero-order valence-corrected chi connectivity index (χ0v) is 13.6. The second-order valence-corrected chi connectivity index (χ2v) is 6.13. The van der Waals surface area contributed by atoms with Gasteiger partial charge in [0.2, 0.25) is 11.8 Å². The summed E-state index contributed by atoms with van der Waals surface area (Å²) in [6.07, 6.45) is -4.41. The third-order valence-corrected chi connectivity index (χ3v) is 4.10. The number of thiophene rings is 1. The number of halogens is 3. The van der Waals surface area contributed by atoms with E-state index in [0.717, 1.165) is 10.9 Å². The number of carbonyl (C=O) groups excluding carboxylic acids is 2. The highest BCUT2D eigenvalue weighted by Gasteiger charge is 2.33. The molecule has 1 aromatic heterocycles. The van der Waals surface area contributed by atoms with Gasteiger partial charge < -0.3 is 10.2 Å². The quantitative estimate of drug-likeness (QED) is 0.893. The van der Waals surface area contributed by atoms with E-state index in [1.807, 2.05) is 11.4 Å². The Bertz CT molecular complexity index is 714. The molecule has 24 heavy (non-hydrogen) atoms. The Kier molecular flexibility index (Phi) is 5.61. The van der Waals surface area contributed by atoms with Gasteiger partial charge in [-0.1, -0.05) is 18.2 Å². The Morgan fingerprint density at radius 3 is 2.50 bits per heavy atom. The first-order chi connectivity index (χ1) is 11.3. The molecule has 2 aromatic rings. The van der Waals surface area contributed by atoms with Crippen molar-refractivity contribution in [2.45, 2.75) is 12.6 Å². The zero-order chi connectivity index (χ0) is 17.7. The lowest BCUT2D eigenvalue weighted by atomic mass is 10.1. The van der Waals surface area contributed by atoms with E-state index in [1.54, 1.807) is 6.07 Å². The van der Waals surface area contributed by atoms with Crippen molar-refractivity contribution in [2.75, 3.05) is 18.9 Å². The number of nitrogens with one attached hydrogen (secondary N) is 1. The van der Waals surface area contributed by atoms with Crippen LogP contribution in [0.1, 0.15) is 10.4 Å². The predicted octanol–water partition coefficient (Wildman–Crippen LogP) is 3.41. The van der Waals surface area contributed by atoms with Gasteiger partial charge in [-0.3, -0.25) is 9.59 Å². The Balaban J connectivity index is 1.97. The molecule has 2 rings (SSSR count). The Labute approximate surface area is 140 Å². The molecular formula is C16H15F3N2O2S. The lowest BCUT2D eigenvalue weighted by Crippen LogP contribution is -2.36. The summed E-state index contributed by atoms with van der Waals surface area (Å²) in [7, 11) is 1.44. The molecule has 2 amide bonds. The van der Waals surface area contributed by atoms with Crippen molar-refractivity contribution >= 4 is 28.8 Å². The SMILES string of the molecule is CN(CC(=O)Nc1ccccc1C(F)(F)F)C(=O)Cc1cccs1. The number of hydrogen-bond acceptors (Lipinski definition) is 3. The summed E-state index contributed by atoms with van der Waals surface area (Å²) in [6, 6.07) is 8.32. The highest BCUT2D eigenvalue weighted by molar-refractivity contribution is 7.10. The number of benzene rings is 1. The maximum atomic E-state index is 12.9. The molecular weight excluding hydrogens is 341 g/mol. The van der Waals surface area contributed by atoms with Crippen molar-refractivity contribution in [3.05, 3.63) is 52.2 Å². The minimum absolute atomic E-state index is 0.153. The number of alkyl halides is 3. The van der Waals surface area contributed by atoms with Gasteiger partial charge >= 0.3 is 6.18 Å². The number of amides is 2. The van der Waals surface area contributed by atoms with Crippen molar-refractivity contribution in [2.24, 2.45) is 0 Å². The van der Waals surface area contributed by atoms with Gasteiger partial charge in [-0.25, -0.2) is 0 Å². The molecule has 0 unspecified atom stereocenters. The normalized spacial score (nSPS) is 11.2. The van der Waals surface area contributed by atoms with Crippen molar-refractivity contribution in [3.63, 3.8) is 0 Å². The third-order valence-electron chi connectivity index (χ3n) is 3.22. The lowest BCUT2D eigenvalue weighted by Gasteiger charge is -2.18. The number of carbonyl (C=O) groups is 2. The third kappa shape index (κ3) is 4.82. The number of rotatable bonds is 5. The fourth-order valence-corrected chi connectivity index (χ4v) is 2.73. The molecule has 0 fully saturated rings. The summed E-state index contributed by atoms with van der Waals surface area (Å²) in [4.78, 5) is 26.0. The summed E-state index contributed by atoms with van der Waals surface area (Å²) in [5.74, 6) is -0.967. The van der Waals surface area contributed by atoms with Gasteiger partial charge in [-0.15, -0.1) is 11.3 Å². The minimum Gasteiger partial charge on any atom is -0.336 e. The molecule has 0 aliphatic heterocycles. The maximum Gasteiger partial charge on any atom is 0.418 e. The largest absolute Gasteiger partial charge is 0.418 e. The number of hydrogen-bond donors (Lipinski definition) is 1. The van der Waals surface area contributed by atoms with Crippen LogP contribution in [-0.4, -0.2) is 30.3 Å². The Morgan fingerprint density at radius 1 is 1.17 bits per heavy atom. The molecule has 0 saturated heterocycles. The first-order valence-electron chi connectivity index (χ1n) is 7.00. The molecule has 0 aliphatic carbocycles. The van der Waals surface area contributed by atoms with Gasteiger partial charge in [0, 0.05) is 11.9 Å². The van der Waals surface area contributed by atoms with Crippen LogP contribution in [0.4, 0.5) is 18.9 Å². The molecule has 0 bridgehead atoms. The summed E-state index contributed by atoms with van der Waals surface area (Å²) < 4.78 is 38.7. The van der Waals surface area contributed by atoms with E-state index in [-0.39, 0.29) is 24.6 Å². The van der Waals surface area contributed by atoms with E-state index in [9.17, 15) is 22.8 Å². The number of likely N-dealkylation sites (N-methyl/N-ethyl adjacent to an activating group) is 1. The second-order valence-electron chi connectivity index (χ2n) is 5.10. The van der Waals surface area contributed by atoms with E-state index in [4.69, 9.17) is 0 Å². The average molecular weight is 356 g/mol. The molecule has 1 heterocycles. The molecule has 8 heteroatoms. The van der Waals surface area contributed by atoms with Gasteiger partial charge in [-0.2, -0.15) is 13.2 Å². The maximum absolute atomic E-state index is 12.9. The number of nitrogens with zero attached hydrogens (tertiary/aromatic N) is 1. The average Bonchev–Trinajstić information content (AvgIpc) is 2.99. The minimum atomic E-state index is -4.56. The summed E-state index contributed by atoms with van der Waals surface area (Å²) in [6.45, 7) is -0.323. The van der Waals surface area contributed by atoms with Crippen LogP contribution in [0.2, 0.25) is 0 Å². The predicted molar refractivity (Wildman–Crippen MR) is 85.7 cm³/mol. The van der Waals surface area contributed by atoms with Crippen LogP contribution in [0.25, 0.3) is 0 Å². The molecule has 0 spiro atoms. The number of para-hydroxylation sites is 1. The zero-order valence-electron chi connectivity index (χ0n) is 12.8. The van der Waals surface area contributed by atoms with Crippen LogP contribution in [0, 0.1) is 0 Å². The standard InChI is InChI=1S/C16H15F3N2O2S/c1-21(15(23)9-11-5-4-8-24-11)10-14(22)20-13-7-3-2-6-12(13)16(17,18)19/h2-8H,9-10H2,1H3,(H,20,22). The molecule has 0 saturated carbocycles. The first-order valence-corrected chi connectivity index (χ1v) is 7.88. The fraction of sp³-hybridized carbons (Fsp3) is 0.250. The fourth-order valence-electron chi connectivity index (χ4n) is 2.03. The molecule has 1 aromatic carbocycles. The van der Waals surface area contributed by atoms with Gasteiger partial charge in [-0.05, 0) is 23.6 Å². The topological polar surface area (TPSA) is 49.4 Å². The van der Waals surface area contributed by atoms with E-state index >= 15 is 0 Å². The first kappa shape index (κ1) is 18.0. The van der Waals surface area contributed by atoms with Crippen LogP contribution in [0.15, 0.2) is 41.8 Å². The van der Waals surface area contributed by atoms with Crippen LogP contribution in [0.3, 0.4) is 0 Å². The molecule has 4 nitrogen and oxygen atoms in total. The van der Waals surface area contributed by atoms with Crippen molar-refractivity contribution in [3.8, 4) is 0 Å². The van der Waals surface area contributed by atoms with Gasteiger partial charge in [0.1, 0.15) is 0 Å². The molecule has 128 valence electrons. The van der Waals surface area contributed by atoms with Crippen LogP contribution in [-0.2, 0) is 22.2 Å². The summed E-state index contributed by atoms with van der Waals surface area (Å²) >= 11 is 1.42. The van der Waals surface area contributed by atoms with Crippen LogP contribution < -0.4 is 5.32 Å². The van der Waals surface area contributed by atoms with Crippen molar-refractivity contribution in [1.82, 2.24) is 4.90 Å². The highest BCUT2D eigenvalue weighted by atomic mass is 32.1. The van der Waals surface area contributed by atoms with Crippen molar-refractivity contribution < 1.29 is 22.8 Å². The van der Waals surface area contributed by atoms with Gasteiger partial charge in [0.05, 0.1) is 24.2 Å². The monoisotopic (exact) mass is 356 g/mol. The van der Waals surface area contributed by atoms with Gasteiger partial charge in [0.15, 0.2) is 0 Å². The van der Waals surface area contributed by atoms with Crippen LogP contribution in [0.5, 0.6) is 0 Å². The second kappa shape index (κ2) is 7.48. The summed E-state index contributed by atoms with van der Waals surface area (Å²) in [5, 5.41) is 4.05. The van der Waals surface area contributed by atoms with Gasteiger partial charge in [0.25, 0.3) is 0 Å². The smallest absolute Gasteiger partial charge is 0.336 e. The van der Waals surface area contributed by atoms with E-state index in [0.29, 0.717) is 0 Å². The molecule has 1 N–H and O–H groups in total. The molecule has 0 aliphatic rings. The number of anilines is 1. The van der Waals surface area contributed by atoms with E-state index < -0.39 is 17.6 Å². The van der Waals surface area contributed by atoms with E-state index in [1.165, 1.54) is 41.5 Å². The van der Waals surface area contributed by atoms with Crippen molar-refractivity contribution in [1.29, 1.82) is 0 Å². The Hall–Kier alpha value is -2.35. The van der Waals surface area contributed by atoms with Crippen LogP contribution >= 0.6 is 11.3 Å². The lowest BCUT2D eigenvalue weighted by molar-refractivity contribution is -0.137.